The number of aromatic nitrogens is 1. The van der Waals surface area contributed by atoms with Gasteiger partial charge in [-0.15, -0.1) is 0 Å². The standard InChI is InChI=1S/C32H33NO4/c1-4-30(32(35)36)37-26-13-8-11-24(20-26)12-9-19-33-21-25(17-18-31(33)34)28-14-5-6-15-29(28)27-16-7-10-22(2)23(27)3/h5-8,10-11,13-18,20-21,30H,4,9,12,19H2,1-3H3,(H,35,36). The van der Waals surface area contributed by atoms with Crippen LogP contribution in [-0.4, -0.2) is 21.7 Å². The van der Waals surface area contributed by atoms with Crippen molar-refractivity contribution in [2.75, 3.05) is 0 Å². The first kappa shape index (κ1) is 26.0. The highest BCUT2D eigenvalue weighted by Gasteiger charge is 2.17. The van der Waals surface area contributed by atoms with Crippen molar-refractivity contribution in [2.45, 2.75) is 52.7 Å². The van der Waals surface area contributed by atoms with Crippen molar-refractivity contribution in [2.24, 2.45) is 0 Å². The highest BCUT2D eigenvalue weighted by Crippen LogP contribution is 2.34. The Morgan fingerprint density at radius 3 is 2.41 bits per heavy atom. The molecule has 0 aliphatic carbocycles. The first-order valence-corrected chi connectivity index (χ1v) is 12.7. The molecule has 0 spiro atoms. The van der Waals surface area contributed by atoms with Gasteiger partial charge in [0.15, 0.2) is 6.10 Å². The summed E-state index contributed by atoms with van der Waals surface area (Å²) in [5.41, 5.74) is 7.97. The molecule has 1 N–H and O–H groups in total. The number of nitrogens with zero attached hydrogens (tertiary/aromatic N) is 1. The monoisotopic (exact) mass is 495 g/mol. The van der Waals surface area contributed by atoms with Crippen molar-refractivity contribution in [3.05, 3.63) is 112 Å². The summed E-state index contributed by atoms with van der Waals surface area (Å²) < 4.78 is 7.39. The van der Waals surface area contributed by atoms with E-state index in [1.807, 2.05) is 42.6 Å². The molecule has 0 bridgehead atoms. The molecular formula is C32H33NO4. The molecule has 5 heteroatoms. The number of hydrogen-bond donors (Lipinski definition) is 1. The molecule has 4 rings (SSSR count). The van der Waals surface area contributed by atoms with E-state index in [2.05, 4.69) is 44.2 Å². The summed E-state index contributed by atoms with van der Waals surface area (Å²) in [5, 5.41) is 9.25. The molecule has 190 valence electrons. The summed E-state index contributed by atoms with van der Waals surface area (Å²) in [6.07, 6.45) is 3.00. The maximum absolute atomic E-state index is 12.7. The molecule has 0 radical (unpaired) electrons. The molecule has 0 saturated carbocycles. The zero-order valence-electron chi connectivity index (χ0n) is 21.6. The molecule has 5 nitrogen and oxygen atoms in total. The van der Waals surface area contributed by atoms with Crippen molar-refractivity contribution >= 4 is 5.97 Å². The number of ether oxygens (including phenoxy) is 1. The van der Waals surface area contributed by atoms with Crippen molar-refractivity contribution in [3.63, 3.8) is 0 Å². The van der Waals surface area contributed by atoms with Crippen LogP contribution in [0.5, 0.6) is 5.75 Å². The van der Waals surface area contributed by atoms with E-state index in [0.29, 0.717) is 18.7 Å². The van der Waals surface area contributed by atoms with Crippen LogP contribution < -0.4 is 10.3 Å². The SMILES string of the molecule is CCC(Oc1cccc(CCCn2cc(-c3ccccc3-c3cccc(C)c3C)ccc2=O)c1)C(=O)O. The number of aryl methyl sites for hydroxylation is 3. The lowest BCUT2D eigenvalue weighted by atomic mass is 9.91. The quantitative estimate of drug-likeness (QED) is 0.267. The minimum absolute atomic E-state index is 0.0303. The number of hydrogen-bond acceptors (Lipinski definition) is 3. The minimum Gasteiger partial charge on any atom is -0.479 e. The number of carboxylic acids is 1. The fourth-order valence-electron chi connectivity index (χ4n) is 4.58. The average molecular weight is 496 g/mol. The zero-order chi connectivity index (χ0) is 26.4. The van der Waals surface area contributed by atoms with E-state index >= 15 is 0 Å². The van der Waals surface area contributed by atoms with Gasteiger partial charge in [-0.2, -0.15) is 0 Å². The van der Waals surface area contributed by atoms with Crippen molar-refractivity contribution in [3.8, 4) is 28.0 Å². The maximum atomic E-state index is 12.7. The zero-order valence-corrected chi connectivity index (χ0v) is 21.6. The minimum atomic E-state index is -0.966. The topological polar surface area (TPSA) is 68.5 Å². The van der Waals surface area contributed by atoms with Gasteiger partial charge < -0.3 is 14.4 Å². The van der Waals surface area contributed by atoms with Gasteiger partial charge in [-0.3, -0.25) is 4.79 Å². The summed E-state index contributed by atoms with van der Waals surface area (Å²) in [6.45, 7) is 6.63. The van der Waals surface area contributed by atoms with Gasteiger partial charge >= 0.3 is 5.97 Å². The van der Waals surface area contributed by atoms with E-state index in [1.165, 1.54) is 16.7 Å². The predicted molar refractivity (Wildman–Crippen MR) is 148 cm³/mol. The largest absolute Gasteiger partial charge is 0.479 e. The van der Waals surface area contributed by atoms with Crippen LogP contribution in [0, 0.1) is 13.8 Å². The van der Waals surface area contributed by atoms with E-state index in [-0.39, 0.29) is 5.56 Å². The van der Waals surface area contributed by atoms with Gasteiger partial charge in [0.05, 0.1) is 0 Å². The Kier molecular flexibility index (Phi) is 8.24. The second-order valence-corrected chi connectivity index (χ2v) is 9.35. The van der Waals surface area contributed by atoms with Gasteiger partial charge in [0, 0.05) is 18.8 Å². The number of aliphatic carboxylic acids is 1. The van der Waals surface area contributed by atoms with Gasteiger partial charge in [0.1, 0.15) is 5.75 Å². The molecule has 0 aliphatic rings. The molecule has 3 aromatic carbocycles. The molecule has 0 fully saturated rings. The van der Waals surface area contributed by atoms with Crippen LogP contribution in [-0.2, 0) is 17.8 Å². The Morgan fingerprint density at radius 2 is 1.65 bits per heavy atom. The molecule has 4 aromatic rings. The van der Waals surface area contributed by atoms with E-state index in [0.717, 1.165) is 35.1 Å². The maximum Gasteiger partial charge on any atom is 0.344 e. The lowest BCUT2D eigenvalue weighted by Gasteiger charge is -2.15. The molecule has 1 heterocycles. The Hall–Kier alpha value is -4.12. The normalized spacial score (nSPS) is 11.8. The van der Waals surface area contributed by atoms with Crippen LogP contribution in [0.4, 0.5) is 0 Å². The average Bonchev–Trinajstić information content (AvgIpc) is 2.90. The molecule has 0 amide bonds. The summed E-state index contributed by atoms with van der Waals surface area (Å²) in [5.74, 6) is -0.416. The molecule has 37 heavy (non-hydrogen) atoms. The lowest BCUT2D eigenvalue weighted by Crippen LogP contribution is -2.25. The van der Waals surface area contributed by atoms with Gasteiger partial charge in [-0.1, -0.05) is 61.5 Å². The number of carboxylic acid groups (broad SMARTS) is 1. The van der Waals surface area contributed by atoms with Crippen LogP contribution in [0.2, 0.25) is 0 Å². The van der Waals surface area contributed by atoms with E-state index in [1.54, 1.807) is 23.6 Å². The summed E-state index contributed by atoms with van der Waals surface area (Å²) in [4.78, 5) is 23.9. The first-order chi connectivity index (χ1) is 17.9. The third-order valence-electron chi connectivity index (χ3n) is 6.80. The van der Waals surface area contributed by atoms with Crippen molar-refractivity contribution in [1.82, 2.24) is 4.57 Å². The molecule has 0 aliphatic heterocycles. The molecule has 1 unspecified atom stereocenters. The van der Waals surface area contributed by atoms with Crippen LogP contribution in [0.3, 0.4) is 0 Å². The Balaban J connectivity index is 1.52. The Bertz CT molecular complexity index is 1450. The number of carbonyl (C=O) groups is 1. The first-order valence-electron chi connectivity index (χ1n) is 12.7. The summed E-state index contributed by atoms with van der Waals surface area (Å²) >= 11 is 0. The smallest absolute Gasteiger partial charge is 0.344 e. The van der Waals surface area contributed by atoms with Crippen molar-refractivity contribution < 1.29 is 14.6 Å². The Morgan fingerprint density at radius 1 is 0.919 bits per heavy atom. The van der Waals surface area contributed by atoms with Crippen LogP contribution >= 0.6 is 0 Å². The third kappa shape index (κ3) is 6.18. The lowest BCUT2D eigenvalue weighted by molar-refractivity contribution is -0.145. The van der Waals surface area contributed by atoms with E-state index < -0.39 is 12.1 Å². The van der Waals surface area contributed by atoms with Crippen LogP contribution in [0.25, 0.3) is 22.3 Å². The second kappa shape index (κ2) is 11.7. The fraction of sp³-hybridized carbons (Fsp3) is 0.250. The van der Waals surface area contributed by atoms with Gasteiger partial charge in [-0.25, -0.2) is 4.79 Å². The van der Waals surface area contributed by atoms with Crippen LogP contribution in [0.1, 0.15) is 36.5 Å². The van der Waals surface area contributed by atoms with Gasteiger partial charge in [0.25, 0.3) is 5.56 Å². The molecular weight excluding hydrogens is 462 g/mol. The van der Waals surface area contributed by atoms with Crippen molar-refractivity contribution in [1.29, 1.82) is 0 Å². The summed E-state index contributed by atoms with van der Waals surface area (Å²) in [6, 6.07) is 25.7. The van der Waals surface area contributed by atoms with E-state index in [9.17, 15) is 14.7 Å². The van der Waals surface area contributed by atoms with Crippen LogP contribution in [0.15, 0.2) is 89.9 Å². The molecule has 1 atom stereocenters. The molecule has 1 aromatic heterocycles. The number of rotatable bonds is 10. The van der Waals surface area contributed by atoms with Gasteiger partial charge in [-0.05, 0) is 90.3 Å². The second-order valence-electron chi connectivity index (χ2n) is 9.35. The highest BCUT2D eigenvalue weighted by molar-refractivity contribution is 5.84. The van der Waals surface area contributed by atoms with Gasteiger partial charge in [0.2, 0.25) is 0 Å². The third-order valence-corrected chi connectivity index (χ3v) is 6.80. The van der Waals surface area contributed by atoms with E-state index in [4.69, 9.17) is 4.74 Å². The molecule has 0 saturated heterocycles. The number of benzene rings is 3. The predicted octanol–water partition coefficient (Wildman–Crippen LogP) is 6.67. The fourth-order valence-corrected chi connectivity index (χ4v) is 4.58. The highest BCUT2D eigenvalue weighted by atomic mass is 16.5. The number of pyridine rings is 1. The summed E-state index contributed by atoms with van der Waals surface area (Å²) in [7, 11) is 0. The Labute approximate surface area is 218 Å².